The molecule has 1 heterocycles. The van der Waals surface area contributed by atoms with E-state index in [4.69, 9.17) is 17.4 Å². The van der Waals surface area contributed by atoms with Crippen molar-refractivity contribution in [2.45, 2.75) is 5.92 Å². The molecule has 1 unspecified atom stereocenters. The van der Waals surface area contributed by atoms with Gasteiger partial charge in [0.05, 0.1) is 5.92 Å². The van der Waals surface area contributed by atoms with E-state index in [0.717, 1.165) is 0 Å². The maximum Gasteiger partial charge on any atom is 0.257 e. The number of benzene rings is 2. The number of carbonyl (C=O) groups excluding carboxylic acids is 3. The normalized spacial score (nSPS) is 20.3. The first kappa shape index (κ1) is 16.2. The summed E-state index contributed by atoms with van der Waals surface area (Å²) in [6.07, 6.45) is 0. The Morgan fingerprint density at radius 1 is 1.00 bits per heavy atom. The number of nitrogens with zero attached hydrogens (tertiary/aromatic N) is 1. The molecule has 2 atom stereocenters. The summed E-state index contributed by atoms with van der Waals surface area (Å²) in [6.45, 7) is 0. The zero-order valence-corrected chi connectivity index (χ0v) is 13.2. The van der Waals surface area contributed by atoms with E-state index >= 15 is 0 Å². The van der Waals surface area contributed by atoms with Crippen molar-refractivity contribution in [1.29, 1.82) is 0 Å². The largest absolute Gasteiger partial charge is 0.325 e. The van der Waals surface area contributed by atoms with Crippen molar-refractivity contribution < 1.29 is 14.4 Å². The van der Waals surface area contributed by atoms with Crippen molar-refractivity contribution in [2.75, 3.05) is 5.32 Å². The molecule has 3 amide bonds. The van der Waals surface area contributed by atoms with Crippen LogP contribution in [-0.2, 0) is 14.4 Å². The number of nitrogens with two attached hydrogens (primary N) is 1. The molecule has 0 radical (unpaired) electrons. The van der Waals surface area contributed by atoms with Gasteiger partial charge in [0.15, 0.2) is 0 Å². The summed E-state index contributed by atoms with van der Waals surface area (Å²) in [7, 11) is 0. The van der Waals surface area contributed by atoms with Crippen LogP contribution in [0.3, 0.4) is 0 Å². The van der Waals surface area contributed by atoms with Gasteiger partial charge in [0, 0.05) is 10.7 Å². The summed E-state index contributed by atoms with van der Waals surface area (Å²) in [5.74, 6) is 1.42. The molecule has 1 aliphatic heterocycles. The summed E-state index contributed by atoms with van der Waals surface area (Å²) in [4.78, 5) is 37.2. The minimum atomic E-state index is -1.22. The first-order chi connectivity index (χ1) is 11.5. The van der Waals surface area contributed by atoms with Gasteiger partial charge in [0.2, 0.25) is 5.91 Å². The van der Waals surface area contributed by atoms with Crippen LogP contribution < -0.4 is 11.2 Å². The van der Waals surface area contributed by atoms with E-state index in [1.165, 1.54) is 0 Å². The van der Waals surface area contributed by atoms with Gasteiger partial charge in [-0.25, -0.2) is 10.9 Å². The molecule has 24 heavy (non-hydrogen) atoms. The summed E-state index contributed by atoms with van der Waals surface area (Å²) in [5.41, 5.74) is 1.05. The highest BCUT2D eigenvalue weighted by molar-refractivity contribution is 6.30. The van der Waals surface area contributed by atoms with Gasteiger partial charge in [-0.3, -0.25) is 14.4 Å². The second-order valence-electron chi connectivity index (χ2n) is 5.41. The molecule has 0 spiro atoms. The van der Waals surface area contributed by atoms with E-state index in [0.29, 0.717) is 21.3 Å². The van der Waals surface area contributed by atoms with E-state index in [-0.39, 0.29) is 0 Å². The highest BCUT2D eigenvalue weighted by Crippen LogP contribution is 2.35. The fourth-order valence-electron chi connectivity index (χ4n) is 2.70. The molecule has 6 nitrogen and oxygen atoms in total. The van der Waals surface area contributed by atoms with Gasteiger partial charge in [0.1, 0.15) is 5.92 Å². The van der Waals surface area contributed by atoms with Gasteiger partial charge in [-0.1, -0.05) is 41.9 Å². The number of hydrogen-bond donors (Lipinski definition) is 2. The summed E-state index contributed by atoms with van der Waals surface area (Å²) < 4.78 is 0. The highest BCUT2D eigenvalue weighted by atomic mass is 35.5. The Labute approximate surface area is 143 Å². The van der Waals surface area contributed by atoms with Gasteiger partial charge in [-0.15, -0.1) is 0 Å². The van der Waals surface area contributed by atoms with E-state index in [1.54, 1.807) is 54.6 Å². The topological polar surface area (TPSA) is 92.5 Å². The van der Waals surface area contributed by atoms with Crippen molar-refractivity contribution >= 4 is 35.0 Å². The molecule has 2 aromatic carbocycles. The van der Waals surface area contributed by atoms with Crippen molar-refractivity contribution in [1.82, 2.24) is 5.01 Å². The Balaban J connectivity index is 1.93. The molecule has 0 saturated carbocycles. The highest BCUT2D eigenvalue weighted by Gasteiger charge is 2.51. The third-order valence-corrected chi connectivity index (χ3v) is 4.15. The van der Waals surface area contributed by atoms with Gasteiger partial charge in [-0.05, 0) is 29.8 Å². The monoisotopic (exact) mass is 343 g/mol. The van der Waals surface area contributed by atoms with E-state index in [9.17, 15) is 14.4 Å². The first-order valence-corrected chi connectivity index (χ1v) is 7.60. The number of para-hydroxylation sites is 1. The number of hydrogen-bond acceptors (Lipinski definition) is 4. The quantitative estimate of drug-likeness (QED) is 0.385. The number of rotatable bonds is 3. The molecule has 122 valence electrons. The number of carbonyl (C=O) groups is 3. The maximum absolute atomic E-state index is 12.6. The average Bonchev–Trinajstić information content (AvgIpc) is 2.81. The van der Waals surface area contributed by atoms with Crippen LogP contribution in [0.4, 0.5) is 5.69 Å². The van der Waals surface area contributed by atoms with Crippen LogP contribution in [0.2, 0.25) is 5.02 Å². The van der Waals surface area contributed by atoms with Crippen LogP contribution in [0.1, 0.15) is 11.5 Å². The SMILES string of the molecule is NN1C(=O)C(C(=O)Nc2ccccc2)[C@H](c2ccc(Cl)cc2)C1=O. The molecule has 1 fully saturated rings. The lowest BCUT2D eigenvalue weighted by Gasteiger charge is -2.15. The first-order valence-electron chi connectivity index (χ1n) is 7.23. The molecular formula is C17H14ClN3O3. The number of nitrogens with one attached hydrogen (secondary N) is 1. The Kier molecular flexibility index (Phi) is 4.33. The maximum atomic E-state index is 12.6. The van der Waals surface area contributed by atoms with Gasteiger partial charge in [0.25, 0.3) is 11.8 Å². The van der Waals surface area contributed by atoms with Crippen LogP contribution >= 0.6 is 11.6 Å². The van der Waals surface area contributed by atoms with Crippen molar-refractivity contribution in [3.05, 3.63) is 65.2 Å². The van der Waals surface area contributed by atoms with Crippen molar-refractivity contribution in [3.8, 4) is 0 Å². The Bertz CT molecular complexity index is 792. The predicted molar refractivity (Wildman–Crippen MR) is 88.8 cm³/mol. The Morgan fingerprint density at radius 2 is 1.62 bits per heavy atom. The standard InChI is InChI=1S/C17H14ClN3O3/c18-11-8-6-10(7-9-11)13-14(17(24)21(19)16(13)23)15(22)20-12-4-2-1-3-5-12/h1-9,13-14H,19H2,(H,20,22)/t13-,14?/m0/s1. The Hall–Kier alpha value is -2.70. The molecule has 1 aliphatic rings. The van der Waals surface area contributed by atoms with Gasteiger partial charge < -0.3 is 5.32 Å². The van der Waals surface area contributed by atoms with E-state index < -0.39 is 29.6 Å². The molecule has 3 rings (SSSR count). The zero-order chi connectivity index (χ0) is 17.3. The molecule has 2 aromatic rings. The predicted octanol–water partition coefficient (Wildman–Crippen LogP) is 1.92. The van der Waals surface area contributed by atoms with Crippen LogP contribution in [0.25, 0.3) is 0 Å². The molecule has 7 heteroatoms. The third kappa shape index (κ3) is 2.89. The molecule has 3 N–H and O–H groups in total. The van der Waals surface area contributed by atoms with Crippen LogP contribution in [0.15, 0.2) is 54.6 Å². The number of amides is 3. The second kappa shape index (κ2) is 6.43. The smallest absolute Gasteiger partial charge is 0.257 e. The number of imide groups is 1. The van der Waals surface area contributed by atoms with Crippen LogP contribution in [-0.4, -0.2) is 22.7 Å². The minimum absolute atomic E-state index is 0.491. The minimum Gasteiger partial charge on any atom is -0.325 e. The molecular weight excluding hydrogens is 330 g/mol. The lowest BCUT2D eigenvalue weighted by Crippen LogP contribution is -2.39. The molecule has 0 bridgehead atoms. The molecule has 1 saturated heterocycles. The molecule has 0 aromatic heterocycles. The fourth-order valence-corrected chi connectivity index (χ4v) is 2.83. The fraction of sp³-hybridized carbons (Fsp3) is 0.118. The Morgan fingerprint density at radius 3 is 2.25 bits per heavy atom. The third-order valence-electron chi connectivity index (χ3n) is 3.89. The summed E-state index contributed by atoms with van der Waals surface area (Å²) in [6, 6.07) is 15.1. The van der Waals surface area contributed by atoms with Gasteiger partial charge >= 0.3 is 0 Å². The lowest BCUT2D eigenvalue weighted by atomic mass is 9.87. The van der Waals surface area contributed by atoms with Gasteiger partial charge in [-0.2, -0.15) is 0 Å². The number of hydrazine groups is 1. The van der Waals surface area contributed by atoms with E-state index in [1.807, 2.05) is 0 Å². The van der Waals surface area contributed by atoms with Crippen LogP contribution in [0, 0.1) is 5.92 Å². The number of halogens is 1. The second-order valence-corrected chi connectivity index (χ2v) is 5.85. The average molecular weight is 344 g/mol. The zero-order valence-electron chi connectivity index (χ0n) is 12.5. The van der Waals surface area contributed by atoms with E-state index in [2.05, 4.69) is 5.32 Å². The number of anilines is 1. The summed E-state index contributed by atoms with van der Waals surface area (Å²) >= 11 is 5.85. The van der Waals surface area contributed by atoms with Crippen molar-refractivity contribution in [2.24, 2.45) is 11.8 Å². The lowest BCUT2D eigenvalue weighted by molar-refractivity contribution is -0.140. The van der Waals surface area contributed by atoms with Crippen molar-refractivity contribution in [3.63, 3.8) is 0 Å². The molecule has 0 aliphatic carbocycles. The van der Waals surface area contributed by atoms with Crippen LogP contribution in [0.5, 0.6) is 0 Å². The summed E-state index contributed by atoms with van der Waals surface area (Å²) in [5, 5.41) is 3.65.